The van der Waals surface area contributed by atoms with E-state index < -0.39 is 11.9 Å². The molecule has 2 aromatic carbocycles. The first-order chi connectivity index (χ1) is 16.5. The van der Waals surface area contributed by atoms with E-state index >= 15 is 0 Å². The van der Waals surface area contributed by atoms with E-state index in [4.69, 9.17) is 26.2 Å². The molecule has 2 heterocycles. The minimum absolute atomic E-state index is 0.0708. The number of halogens is 1. The van der Waals surface area contributed by atoms with Crippen molar-refractivity contribution < 1.29 is 19.1 Å². The first kappa shape index (κ1) is 23.2. The second-order valence-corrected chi connectivity index (χ2v) is 7.61. The van der Waals surface area contributed by atoms with Crippen molar-refractivity contribution in [2.75, 3.05) is 13.2 Å². The van der Waals surface area contributed by atoms with Crippen LogP contribution < -0.4 is 0 Å². The Labute approximate surface area is 200 Å². The summed E-state index contributed by atoms with van der Waals surface area (Å²) < 4.78 is 13.2. The number of esters is 2. The number of rotatable bonds is 8. The van der Waals surface area contributed by atoms with Gasteiger partial charge in [0.25, 0.3) is 0 Å². The Morgan fingerprint density at radius 1 is 0.941 bits per heavy atom. The highest BCUT2D eigenvalue weighted by Gasteiger charge is 2.28. The molecule has 0 unspecified atom stereocenters. The standard InChI is InChI=1S/C24H22ClN5O4/c1-3-33-23(31)21-22(24(32)34-4-2)30(28-26-21)15-17-14-29(19-12-10-18(25)11-13-19)27-20(17)16-8-6-5-7-9-16/h5-14H,3-4,15H2,1-2H3. The van der Waals surface area contributed by atoms with Crippen molar-refractivity contribution in [3.05, 3.63) is 82.8 Å². The molecule has 0 aliphatic heterocycles. The number of aromatic nitrogens is 5. The molecule has 0 bridgehead atoms. The number of carbonyl (C=O) groups excluding carboxylic acids is 2. The lowest BCUT2D eigenvalue weighted by atomic mass is 10.1. The Bertz CT molecular complexity index is 1300. The van der Waals surface area contributed by atoms with Gasteiger partial charge in [-0.15, -0.1) is 5.10 Å². The molecule has 0 radical (unpaired) electrons. The summed E-state index contributed by atoms with van der Waals surface area (Å²) in [6.45, 7) is 3.75. The predicted octanol–water partition coefficient (Wildman–Crippen LogP) is 4.19. The van der Waals surface area contributed by atoms with Crippen molar-refractivity contribution >= 4 is 23.5 Å². The SMILES string of the molecule is CCOC(=O)c1nnn(Cc2cn(-c3ccc(Cl)cc3)nc2-c2ccccc2)c1C(=O)OCC. The lowest BCUT2D eigenvalue weighted by Gasteiger charge is -2.07. The first-order valence-corrected chi connectivity index (χ1v) is 11.1. The summed E-state index contributed by atoms with van der Waals surface area (Å²) in [5.41, 5.74) is 2.88. The van der Waals surface area contributed by atoms with Crippen molar-refractivity contribution in [1.29, 1.82) is 0 Å². The van der Waals surface area contributed by atoms with E-state index in [-0.39, 0.29) is 31.1 Å². The summed E-state index contributed by atoms with van der Waals surface area (Å²) in [5.74, 6) is -1.45. The highest BCUT2D eigenvalue weighted by molar-refractivity contribution is 6.30. The van der Waals surface area contributed by atoms with Crippen LogP contribution in [0.5, 0.6) is 0 Å². The number of ether oxygens (including phenoxy) is 2. The maximum Gasteiger partial charge on any atom is 0.361 e. The van der Waals surface area contributed by atoms with Crippen molar-refractivity contribution in [1.82, 2.24) is 24.8 Å². The average Bonchev–Trinajstić information content (AvgIpc) is 3.45. The molecule has 10 heteroatoms. The predicted molar refractivity (Wildman–Crippen MR) is 125 cm³/mol. The van der Waals surface area contributed by atoms with Crippen LogP contribution >= 0.6 is 11.6 Å². The molecule has 0 amide bonds. The zero-order valence-corrected chi connectivity index (χ0v) is 19.4. The largest absolute Gasteiger partial charge is 0.461 e. The summed E-state index contributed by atoms with van der Waals surface area (Å²) in [6.07, 6.45) is 1.84. The van der Waals surface area contributed by atoms with Crippen LogP contribution in [-0.2, 0) is 16.0 Å². The number of hydrogen-bond donors (Lipinski definition) is 0. The monoisotopic (exact) mass is 479 g/mol. The molecule has 0 saturated carbocycles. The molecule has 0 aliphatic rings. The molecular weight excluding hydrogens is 458 g/mol. The molecule has 4 aromatic rings. The second-order valence-electron chi connectivity index (χ2n) is 7.18. The Kier molecular flexibility index (Phi) is 7.03. The molecule has 0 atom stereocenters. The number of benzene rings is 2. The molecule has 9 nitrogen and oxygen atoms in total. The molecule has 0 aliphatic carbocycles. The highest BCUT2D eigenvalue weighted by Crippen LogP contribution is 2.25. The summed E-state index contributed by atoms with van der Waals surface area (Å²) in [7, 11) is 0. The van der Waals surface area contributed by atoms with Crippen LogP contribution in [0.3, 0.4) is 0 Å². The Hall–Kier alpha value is -3.98. The molecule has 2 aromatic heterocycles. The molecule has 0 N–H and O–H groups in total. The zero-order valence-electron chi connectivity index (χ0n) is 18.6. The van der Waals surface area contributed by atoms with Crippen molar-refractivity contribution in [2.45, 2.75) is 20.4 Å². The van der Waals surface area contributed by atoms with Crippen LogP contribution in [0, 0.1) is 0 Å². The van der Waals surface area contributed by atoms with Gasteiger partial charge in [0.15, 0.2) is 5.69 Å². The van der Waals surface area contributed by atoms with Crippen molar-refractivity contribution in [3.8, 4) is 16.9 Å². The van der Waals surface area contributed by atoms with Gasteiger partial charge in [0.2, 0.25) is 5.69 Å². The van der Waals surface area contributed by atoms with E-state index in [2.05, 4.69) is 10.3 Å². The minimum atomic E-state index is -0.739. The van der Waals surface area contributed by atoms with Crippen molar-refractivity contribution in [2.24, 2.45) is 0 Å². The van der Waals surface area contributed by atoms with Gasteiger partial charge < -0.3 is 9.47 Å². The van der Waals surface area contributed by atoms with Crippen LogP contribution in [0.1, 0.15) is 40.4 Å². The fourth-order valence-electron chi connectivity index (χ4n) is 3.41. The normalized spacial score (nSPS) is 10.8. The summed E-state index contributed by atoms with van der Waals surface area (Å²) in [5, 5.41) is 13.3. The third-order valence-electron chi connectivity index (χ3n) is 4.92. The fourth-order valence-corrected chi connectivity index (χ4v) is 3.54. The summed E-state index contributed by atoms with van der Waals surface area (Å²) in [4.78, 5) is 25.1. The quantitative estimate of drug-likeness (QED) is 0.349. The van der Waals surface area contributed by atoms with Gasteiger partial charge in [0.1, 0.15) is 0 Å². The van der Waals surface area contributed by atoms with Crippen LogP contribution in [0.4, 0.5) is 0 Å². The Morgan fingerprint density at radius 3 is 2.29 bits per heavy atom. The number of nitrogens with zero attached hydrogens (tertiary/aromatic N) is 5. The van der Waals surface area contributed by atoms with Gasteiger partial charge in [-0.1, -0.05) is 47.1 Å². The zero-order chi connectivity index (χ0) is 24.1. The van der Waals surface area contributed by atoms with Gasteiger partial charge in [0, 0.05) is 22.3 Å². The Morgan fingerprint density at radius 2 is 1.62 bits per heavy atom. The maximum absolute atomic E-state index is 12.7. The molecule has 4 rings (SSSR count). The third-order valence-corrected chi connectivity index (χ3v) is 5.17. The summed E-state index contributed by atoms with van der Waals surface area (Å²) >= 11 is 6.03. The fraction of sp³-hybridized carbons (Fsp3) is 0.208. The third kappa shape index (κ3) is 4.84. The summed E-state index contributed by atoms with van der Waals surface area (Å²) in [6, 6.07) is 16.9. The van der Waals surface area contributed by atoms with E-state index in [0.717, 1.165) is 16.8 Å². The van der Waals surface area contributed by atoms with Crippen LogP contribution in [-0.4, -0.2) is 49.9 Å². The highest BCUT2D eigenvalue weighted by atomic mass is 35.5. The smallest absolute Gasteiger partial charge is 0.361 e. The lowest BCUT2D eigenvalue weighted by Crippen LogP contribution is -2.18. The maximum atomic E-state index is 12.7. The van der Waals surface area contributed by atoms with E-state index in [0.29, 0.717) is 10.7 Å². The topological polar surface area (TPSA) is 101 Å². The molecule has 0 saturated heterocycles. The average molecular weight is 480 g/mol. The van der Waals surface area contributed by atoms with E-state index in [1.807, 2.05) is 48.7 Å². The number of hydrogen-bond acceptors (Lipinski definition) is 7. The van der Waals surface area contributed by atoms with Gasteiger partial charge in [0.05, 0.1) is 31.1 Å². The Balaban J connectivity index is 1.79. The van der Waals surface area contributed by atoms with Gasteiger partial charge in [-0.05, 0) is 38.1 Å². The lowest BCUT2D eigenvalue weighted by molar-refractivity contribution is 0.0467. The molecular formula is C24H22ClN5O4. The van der Waals surface area contributed by atoms with E-state index in [1.165, 1.54) is 4.68 Å². The van der Waals surface area contributed by atoms with Gasteiger partial charge >= 0.3 is 11.9 Å². The molecule has 0 fully saturated rings. The van der Waals surface area contributed by atoms with Gasteiger partial charge in [-0.2, -0.15) is 5.10 Å². The second kappa shape index (κ2) is 10.3. The van der Waals surface area contributed by atoms with E-state index in [9.17, 15) is 9.59 Å². The molecule has 174 valence electrons. The van der Waals surface area contributed by atoms with Crippen LogP contribution in [0.25, 0.3) is 16.9 Å². The minimum Gasteiger partial charge on any atom is -0.461 e. The van der Waals surface area contributed by atoms with Gasteiger partial charge in [-0.3, -0.25) is 0 Å². The molecule has 0 spiro atoms. The van der Waals surface area contributed by atoms with Crippen LogP contribution in [0.2, 0.25) is 5.02 Å². The van der Waals surface area contributed by atoms with Crippen molar-refractivity contribution in [3.63, 3.8) is 0 Å². The first-order valence-electron chi connectivity index (χ1n) is 10.7. The van der Waals surface area contributed by atoms with Crippen LogP contribution in [0.15, 0.2) is 60.8 Å². The van der Waals surface area contributed by atoms with E-state index in [1.54, 1.807) is 30.7 Å². The van der Waals surface area contributed by atoms with Gasteiger partial charge in [-0.25, -0.2) is 19.0 Å². The number of carbonyl (C=O) groups is 2. The molecule has 34 heavy (non-hydrogen) atoms.